The van der Waals surface area contributed by atoms with Crippen LogP contribution in [-0.4, -0.2) is 32.2 Å². The number of ether oxygens (including phenoxy) is 1. The highest BCUT2D eigenvalue weighted by Crippen LogP contribution is 2.24. The highest BCUT2D eigenvalue weighted by atomic mass is 127. The van der Waals surface area contributed by atoms with Crippen LogP contribution < -0.4 is 10.6 Å². The van der Waals surface area contributed by atoms with Gasteiger partial charge in [-0.3, -0.25) is 4.79 Å². The quantitative estimate of drug-likeness (QED) is 0.790. The van der Waals surface area contributed by atoms with Gasteiger partial charge in [-0.05, 0) is 47.8 Å². The maximum atomic E-state index is 12.2. The normalized spacial score (nSPS) is 23.1. The number of benzene rings is 1. The van der Waals surface area contributed by atoms with Crippen LogP contribution in [0, 0.1) is 9.49 Å². The van der Waals surface area contributed by atoms with Gasteiger partial charge >= 0.3 is 0 Å². The second-order valence-corrected chi connectivity index (χ2v) is 5.75. The number of carbonyl (C=O) groups is 1. The molecule has 1 aliphatic heterocycles. The van der Waals surface area contributed by atoms with E-state index in [2.05, 4.69) is 33.2 Å². The molecule has 2 N–H and O–H groups in total. The minimum absolute atomic E-state index is 0.0212. The third-order valence-corrected chi connectivity index (χ3v) is 4.10. The Labute approximate surface area is 125 Å². The minimum Gasteiger partial charge on any atom is -0.379 e. The van der Waals surface area contributed by atoms with E-state index in [9.17, 15) is 4.79 Å². The Kier molecular flexibility index (Phi) is 4.83. The Balaban J connectivity index is 2.07. The summed E-state index contributed by atoms with van der Waals surface area (Å²) in [7, 11) is 1.84. The van der Waals surface area contributed by atoms with Crippen molar-refractivity contribution in [2.45, 2.75) is 6.04 Å². The van der Waals surface area contributed by atoms with Gasteiger partial charge in [0.2, 0.25) is 5.91 Å². The molecular formula is C12H14ClIN2O2. The Bertz CT molecular complexity index is 456. The molecule has 1 saturated heterocycles. The maximum Gasteiger partial charge on any atom is 0.231 e. The number of nitrogens with one attached hydrogen (secondary N) is 2. The molecule has 1 aromatic carbocycles. The topological polar surface area (TPSA) is 50.4 Å². The number of carbonyl (C=O) groups excluding carboxylic acids is 1. The zero-order valence-electron chi connectivity index (χ0n) is 9.87. The standard InChI is InChI=1S/C12H14ClIN2O2/c1-15-11-6-18-5-8(11)12(17)16-10-3-2-7(13)4-9(10)14/h2-4,8,11,15H,5-6H2,1H3,(H,16,17). The van der Waals surface area contributed by atoms with E-state index in [-0.39, 0.29) is 17.9 Å². The summed E-state index contributed by atoms with van der Waals surface area (Å²) < 4.78 is 6.25. The fourth-order valence-corrected chi connectivity index (χ4v) is 2.92. The summed E-state index contributed by atoms with van der Waals surface area (Å²) >= 11 is 8.03. The first-order valence-electron chi connectivity index (χ1n) is 5.62. The average Bonchev–Trinajstić information content (AvgIpc) is 2.81. The van der Waals surface area contributed by atoms with Crippen molar-refractivity contribution in [1.29, 1.82) is 0 Å². The monoisotopic (exact) mass is 380 g/mol. The lowest BCUT2D eigenvalue weighted by molar-refractivity contribution is -0.120. The number of anilines is 1. The molecule has 1 aliphatic rings. The maximum absolute atomic E-state index is 12.2. The largest absolute Gasteiger partial charge is 0.379 e. The van der Waals surface area contributed by atoms with Crippen LogP contribution in [-0.2, 0) is 9.53 Å². The van der Waals surface area contributed by atoms with Crippen molar-refractivity contribution < 1.29 is 9.53 Å². The van der Waals surface area contributed by atoms with E-state index in [1.165, 1.54) is 0 Å². The molecule has 1 fully saturated rings. The summed E-state index contributed by atoms with van der Waals surface area (Å²) in [5.41, 5.74) is 0.784. The highest BCUT2D eigenvalue weighted by Gasteiger charge is 2.33. The van der Waals surface area contributed by atoms with E-state index >= 15 is 0 Å². The van der Waals surface area contributed by atoms with E-state index in [1.54, 1.807) is 6.07 Å². The molecule has 4 nitrogen and oxygen atoms in total. The van der Waals surface area contributed by atoms with Crippen LogP contribution in [0.25, 0.3) is 0 Å². The van der Waals surface area contributed by atoms with E-state index in [0.29, 0.717) is 18.2 Å². The molecule has 0 radical (unpaired) electrons. The highest BCUT2D eigenvalue weighted by molar-refractivity contribution is 14.1. The fourth-order valence-electron chi connectivity index (χ4n) is 1.91. The van der Waals surface area contributed by atoms with Crippen LogP contribution in [0.4, 0.5) is 5.69 Å². The molecule has 0 aliphatic carbocycles. The van der Waals surface area contributed by atoms with Crippen LogP contribution in [0.15, 0.2) is 18.2 Å². The van der Waals surface area contributed by atoms with E-state index in [1.807, 2.05) is 19.2 Å². The molecule has 0 saturated carbocycles. The molecular weight excluding hydrogens is 367 g/mol. The molecule has 2 rings (SSSR count). The SMILES string of the molecule is CNC1COCC1C(=O)Nc1ccc(Cl)cc1I. The average molecular weight is 381 g/mol. The molecule has 0 bridgehead atoms. The van der Waals surface area contributed by atoms with E-state index < -0.39 is 0 Å². The van der Waals surface area contributed by atoms with Gasteiger partial charge in [0.15, 0.2) is 0 Å². The lowest BCUT2D eigenvalue weighted by atomic mass is 10.0. The van der Waals surface area contributed by atoms with E-state index in [4.69, 9.17) is 16.3 Å². The first-order valence-corrected chi connectivity index (χ1v) is 7.08. The van der Waals surface area contributed by atoms with Gasteiger partial charge in [-0.15, -0.1) is 0 Å². The number of amides is 1. The predicted molar refractivity (Wildman–Crippen MR) is 80.0 cm³/mol. The molecule has 2 unspecified atom stereocenters. The number of halogens is 2. The van der Waals surface area contributed by atoms with Gasteiger partial charge in [-0.1, -0.05) is 11.6 Å². The Morgan fingerprint density at radius 1 is 1.50 bits per heavy atom. The van der Waals surface area contributed by atoms with Gasteiger partial charge in [0.1, 0.15) is 0 Å². The van der Waals surface area contributed by atoms with Crippen LogP contribution in [0.2, 0.25) is 5.02 Å². The zero-order chi connectivity index (χ0) is 13.1. The van der Waals surface area contributed by atoms with Crippen molar-refractivity contribution in [3.05, 3.63) is 26.8 Å². The molecule has 98 valence electrons. The van der Waals surface area contributed by atoms with Crippen molar-refractivity contribution in [1.82, 2.24) is 5.32 Å². The third kappa shape index (κ3) is 3.14. The fraction of sp³-hybridized carbons (Fsp3) is 0.417. The summed E-state index contributed by atoms with van der Waals surface area (Å²) in [5, 5.41) is 6.68. The molecule has 18 heavy (non-hydrogen) atoms. The summed E-state index contributed by atoms with van der Waals surface area (Å²) in [6.07, 6.45) is 0. The summed E-state index contributed by atoms with van der Waals surface area (Å²) in [4.78, 5) is 12.2. The van der Waals surface area contributed by atoms with Gasteiger partial charge in [-0.2, -0.15) is 0 Å². The Morgan fingerprint density at radius 2 is 2.28 bits per heavy atom. The molecule has 1 aromatic rings. The molecule has 0 spiro atoms. The second kappa shape index (κ2) is 6.18. The van der Waals surface area contributed by atoms with Gasteiger partial charge in [0.25, 0.3) is 0 Å². The van der Waals surface area contributed by atoms with Gasteiger partial charge in [-0.25, -0.2) is 0 Å². The molecule has 1 amide bonds. The van der Waals surface area contributed by atoms with Crippen molar-refractivity contribution in [3.8, 4) is 0 Å². The lowest BCUT2D eigenvalue weighted by Crippen LogP contribution is -2.39. The van der Waals surface area contributed by atoms with Crippen LogP contribution in [0.5, 0.6) is 0 Å². The van der Waals surface area contributed by atoms with Crippen LogP contribution >= 0.6 is 34.2 Å². The number of hydrogen-bond acceptors (Lipinski definition) is 3. The van der Waals surface area contributed by atoms with Crippen molar-refractivity contribution in [3.63, 3.8) is 0 Å². The van der Waals surface area contributed by atoms with Crippen molar-refractivity contribution in [2.24, 2.45) is 5.92 Å². The number of likely N-dealkylation sites (N-methyl/N-ethyl adjacent to an activating group) is 1. The lowest BCUT2D eigenvalue weighted by Gasteiger charge is -2.17. The van der Waals surface area contributed by atoms with Crippen LogP contribution in [0.3, 0.4) is 0 Å². The second-order valence-electron chi connectivity index (χ2n) is 4.15. The number of hydrogen-bond donors (Lipinski definition) is 2. The zero-order valence-corrected chi connectivity index (χ0v) is 12.8. The first kappa shape index (κ1) is 14.0. The molecule has 1 heterocycles. The summed E-state index contributed by atoms with van der Waals surface area (Å²) in [6.45, 7) is 1.04. The molecule has 0 aromatic heterocycles. The molecule has 2 atom stereocenters. The van der Waals surface area contributed by atoms with Gasteiger partial charge in [0, 0.05) is 14.6 Å². The minimum atomic E-state index is -0.151. The van der Waals surface area contributed by atoms with Crippen LogP contribution in [0.1, 0.15) is 0 Å². The first-order chi connectivity index (χ1) is 8.61. The number of rotatable bonds is 3. The smallest absolute Gasteiger partial charge is 0.231 e. The van der Waals surface area contributed by atoms with Gasteiger partial charge in [0.05, 0.1) is 24.8 Å². The summed E-state index contributed by atoms with van der Waals surface area (Å²) in [5.74, 6) is -0.173. The van der Waals surface area contributed by atoms with E-state index in [0.717, 1.165) is 9.26 Å². The summed E-state index contributed by atoms with van der Waals surface area (Å²) in [6, 6.07) is 5.47. The van der Waals surface area contributed by atoms with Crippen molar-refractivity contribution >= 4 is 45.8 Å². The predicted octanol–water partition coefficient (Wildman–Crippen LogP) is 2.12. The van der Waals surface area contributed by atoms with Gasteiger partial charge < -0.3 is 15.4 Å². The molecule has 6 heteroatoms. The van der Waals surface area contributed by atoms with Crippen molar-refractivity contribution in [2.75, 3.05) is 25.6 Å². The Hall–Kier alpha value is -0.370. The third-order valence-electron chi connectivity index (χ3n) is 2.98. The Morgan fingerprint density at radius 3 is 2.94 bits per heavy atom.